The number of carbonyl (C=O) groups is 2. The van der Waals surface area contributed by atoms with Crippen LogP contribution in [-0.2, 0) is 9.59 Å². The summed E-state index contributed by atoms with van der Waals surface area (Å²) in [6.45, 7) is 1.36. The van der Waals surface area contributed by atoms with Crippen LogP contribution in [0.5, 0.6) is 0 Å². The van der Waals surface area contributed by atoms with E-state index in [1.165, 1.54) is 31.2 Å². The van der Waals surface area contributed by atoms with Crippen LogP contribution in [0.25, 0.3) is 6.08 Å². The van der Waals surface area contributed by atoms with Gasteiger partial charge in [0.2, 0.25) is 0 Å². The van der Waals surface area contributed by atoms with Gasteiger partial charge in [0.15, 0.2) is 0 Å². The number of benzene rings is 1. The van der Waals surface area contributed by atoms with Crippen LogP contribution < -0.4 is 0 Å². The van der Waals surface area contributed by atoms with Crippen LogP contribution in [0.15, 0.2) is 29.2 Å². The number of rotatable bonds is 4. The molecular formula is C13H10N2O5S2. The first-order valence-electron chi connectivity index (χ1n) is 6.05. The fourth-order valence-electron chi connectivity index (χ4n) is 1.80. The third-order valence-electron chi connectivity index (χ3n) is 2.95. The highest BCUT2D eigenvalue weighted by molar-refractivity contribution is 8.26. The maximum atomic E-state index is 12.2. The molecule has 9 heteroatoms. The summed E-state index contributed by atoms with van der Waals surface area (Å²) in [6, 6.07) is 4.72. The number of hydrogen-bond acceptors (Lipinski definition) is 6. The fraction of sp³-hybridized carbons (Fsp3) is 0.154. The molecule has 7 nitrogen and oxygen atoms in total. The number of carboxylic acid groups (broad SMARTS) is 1. The highest BCUT2D eigenvalue weighted by Crippen LogP contribution is 2.34. The van der Waals surface area contributed by atoms with Crippen LogP contribution in [-0.4, -0.2) is 37.2 Å². The summed E-state index contributed by atoms with van der Waals surface area (Å²) in [5.41, 5.74) is 0.376. The maximum absolute atomic E-state index is 12.2. The van der Waals surface area contributed by atoms with Crippen molar-refractivity contribution in [1.82, 2.24) is 4.90 Å². The molecule has 0 aliphatic carbocycles. The van der Waals surface area contributed by atoms with E-state index in [-0.39, 0.29) is 14.9 Å². The van der Waals surface area contributed by atoms with Crippen LogP contribution in [0, 0.1) is 10.1 Å². The van der Waals surface area contributed by atoms with Crippen molar-refractivity contribution in [2.24, 2.45) is 0 Å². The zero-order valence-electron chi connectivity index (χ0n) is 11.3. The summed E-state index contributed by atoms with van der Waals surface area (Å²) in [5, 5.41) is 19.7. The maximum Gasteiger partial charge on any atom is 0.326 e. The molecule has 0 aromatic heterocycles. The summed E-state index contributed by atoms with van der Waals surface area (Å²) in [4.78, 5) is 34.7. The van der Waals surface area contributed by atoms with Crippen LogP contribution in [0.2, 0.25) is 0 Å². The number of thioether (sulfide) groups is 1. The van der Waals surface area contributed by atoms with Gasteiger partial charge < -0.3 is 5.11 Å². The minimum Gasteiger partial charge on any atom is -0.480 e. The van der Waals surface area contributed by atoms with Gasteiger partial charge in [-0.1, -0.05) is 36.1 Å². The Bertz CT molecular complexity index is 716. The summed E-state index contributed by atoms with van der Waals surface area (Å²) >= 11 is 6.00. The number of carbonyl (C=O) groups excluding carboxylic acids is 1. The number of carboxylic acids is 1. The third-order valence-corrected chi connectivity index (χ3v) is 4.28. The Balaban J connectivity index is 2.32. The van der Waals surface area contributed by atoms with Crippen molar-refractivity contribution < 1.29 is 19.6 Å². The topological polar surface area (TPSA) is 101 Å². The zero-order chi connectivity index (χ0) is 16.4. The molecule has 1 fully saturated rings. The highest BCUT2D eigenvalue weighted by Gasteiger charge is 2.38. The fourth-order valence-corrected chi connectivity index (χ4v) is 3.22. The minimum absolute atomic E-state index is 0.0943. The molecule has 1 heterocycles. The molecule has 1 aliphatic rings. The van der Waals surface area contributed by atoms with E-state index >= 15 is 0 Å². The van der Waals surface area contributed by atoms with E-state index in [4.69, 9.17) is 17.3 Å². The van der Waals surface area contributed by atoms with Crippen molar-refractivity contribution in [3.63, 3.8) is 0 Å². The van der Waals surface area contributed by atoms with Crippen LogP contribution in [0.4, 0.5) is 5.69 Å². The molecule has 1 aliphatic heterocycles. The lowest BCUT2D eigenvalue weighted by Gasteiger charge is -2.18. The quantitative estimate of drug-likeness (QED) is 0.389. The summed E-state index contributed by atoms with van der Waals surface area (Å²) < 4.78 is 0.150. The zero-order valence-corrected chi connectivity index (χ0v) is 12.9. The number of non-ortho nitro benzene ring substituents is 1. The number of aliphatic carboxylic acids is 1. The first-order valence-corrected chi connectivity index (χ1v) is 7.28. The van der Waals surface area contributed by atoms with Gasteiger partial charge >= 0.3 is 5.97 Å². The molecule has 1 N–H and O–H groups in total. The molecule has 114 valence electrons. The predicted molar refractivity (Wildman–Crippen MR) is 85.2 cm³/mol. The van der Waals surface area contributed by atoms with Crippen molar-refractivity contribution in [2.75, 3.05) is 0 Å². The minimum atomic E-state index is -1.16. The van der Waals surface area contributed by atoms with Gasteiger partial charge in [-0.05, 0) is 18.6 Å². The summed E-state index contributed by atoms with van der Waals surface area (Å²) in [7, 11) is 0. The molecule has 1 atom stereocenters. The number of amides is 1. The molecule has 2 rings (SSSR count). The van der Waals surface area contributed by atoms with Gasteiger partial charge in [-0.25, -0.2) is 4.79 Å². The van der Waals surface area contributed by atoms with E-state index in [9.17, 15) is 19.7 Å². The average Bonchev–Trinajstić information content (AvgIpc) is 2.73. The van der Waals surface area contributed by atoms with E-state index in [0.29, 0.717) is 5.56 Å². The number of nitro benzene ring substituents is 1. The Hall–Kier alpha value is -2.26. The van der Waals surface area contributed by atoms with Crippen molar-refractivity contribution in [2.45, 2.75) is 13.0 Å². The standard InChI is InChI=1S/C13H10N2O5S2/c1-7(12(17)18)14-11(16)10(22-13(14)21)6-8-3-2-4-9(5-8)15(19)20/h2-7H,1H3,(H,17,18)/b10-6+/t7-/m1/s1. The monoisotopic (exact) mass is 338 g/mol. The number of hydrogen-bond donors (Lipinski definition) is 1. The summed E-state index contributed by atoms with van der Waals surface area (Å²) in [6.07, 6.45) is 1.46. The van der Waals surface area contributed by atoms with Crippen LogP contribution in [0.3, 0.4) is 0 Å². The molecule has 0 bridgehead atoms. The Morgan fingerprint density at radius 1 is 1.55 bits per heavy atom. The Morgan fingerprint density at radius 3 is 2.82 bits per heavy atom. The number of nitrogens with zero attached hydrogens (tertiary/aromatic N) is 2. The molecule has 0 saturated carbocycles. The van der Waals surface area contributed by atoms with Gasteiger partial charge in [-0.3, -0.25) is 19.8 Å². The van der Waals surface area contributed by atoms with Crippen LogP contribution >= 0.6 is 24.0 Å². The normalized spacial score (nSPS) is 17.9. The molecule has 1 aromatic rings. The molecular weight excluding hydrogens is 328 g/mol. The van der Waals surface area contributed by atoms with E-state index in [0.717, 1.165) is 16.7 Å². The molecule has 1 aromatic carbocycles. The van der Waals surface area contributed by atoms with Gasteiger partial charge in [-0.2, -0.15) is 0 Å². The smallest absolute Gasteiger partial charge is 0.326 e. The Labute approximate surface area is 134 Å². The third kappa shape index (κ3) is 3.15. The lowest BCUT2D eigenvalue weighted by Crippen LogP contribution is -2.41. The predicted octanol–water partition coefficient (Wildman–Crippen LogP) is 2.27. The van der Waals surface area contributed by atoms with Crippen LogP contribution in [0.1, 0.15) is 12.5 Å². The second kappa shape index (κ2) is 6.24. The van der Waals surface area contributed by atoms with Crippen molar-refractivity contribution in [3.8, 4) is 0 Å². The Morgan fingerprint density at radius 2 is 2.23 bits per heavy atom. The van der Waals surface area contributed by atoms with Gasteiger partial charge in [0.05, 0.1) is 9.83 Å². The molecule has 1 amide bonds. The summed E-state index contributed by atoms with van der Waals surface area (Å²) in [5.74, 6) is -1.68. The van der Waals surface area contributed by atoms with E-state index < -0.39 is 22.8 Å². The average molecular weight is 338 g/mol. The lowest BCUT2D eigenvalue weighted by atomic mass is 10.2. The molecule has 1 saturated heterocycles. The number of thiocarbonyl (C=S) groups is 1. The Kier molecular flexibility index (Phi) is 4.57. The SMILES string of the molecule is C[C@H](C(=O)O)N1C(=O)/C(=C\c2cccc([N+](=O)[O-])c2)SC1=S. The lowest BCUT2D eigenvalue weighted by molar-refractivity contribution is -0.384. The molecule has 0 radical (unpaired) electrons. The van der Waals surface area contributed by atoms with E-state index in [1.807, 2.05) is 0 Å². The number of nitro groups is 1. The first-order chi connectivity index (χ1) is 10.3. The molecule has 22 heavy (non-hydrogen) atoms. The van der Waals surface area contributed by atoms with Gasteiger partial charge in [-0.15, -0.1) is 0 Å². The van der Waals surface area contributed by atoms with Gasteiger partial charge in [0.25, 0.3) is 11.6 Å². The largest absolute Gasteiger partial charge is 0.480 e. The molecule has 0 unspecified atom stereocenters. The van der Waals surface area contributed by atoms with Gasteiger partial charge in [0.1, 0.15) is 10.4 Å². The molecule has 0 spiro atoms. The highest BCUT2D eigenvalue weighted by atomic mass is 32.2. The van der Waals surface area contributed by atoms with Crippen molar-refractivity contribution in [3.05, 3.63) is 44.8 Å². The van der Waals surface area contributed by atoms with E-state index in [1.54, 1.807) is 6.07 Å². The van der Waals surface area contributed by atoms with E-state index in [2.05, 4.69) is 0 Å². The second-order valence-electron chi connectivity index (χ2n) is 4.42. The van der Waals surface area contributed by atoms with Crippen molar-refractivity contribution >= 4 is 51.9 Å². The second-order valence-corrected chi connectivity index (χ2v) is 6.09. The van der Waals surface area contributed by atoms with Gasteiger partial charge in [0, 0.05) is 12.1 Å². The first kappa shape index (κ1) is 16.1. The van der Waals surface area contributed by atoms with Crippen molar-refractivity contribution in [1.29, 1.82) is 0 Å².